The maximum atomic E-state index is 5.97. The highest BCUT2D eigenvalue weighted by Crippen LogP contribution is 2.22. The molecule has 2 rings (SSSR count). The van der Waals surface area contributed by atoms with Crippen molar-refractivity contribution in [2.24, 2.45) is 0 Å². The standard InChI is InChI=1S/C15H19N3/c1-3-18(11-13-6-8-17-9-7-13)14-5-4-12(2)15(16)10-14/h4-10H,3,11,16H2,1-2H3. The van der Waals surface area contributed by atoms with Gasteiger partial charge in [0.25, 0.3) is 0 Å². The molecule has 3 nitrogen and oxygen atoms in total. The summed E-state index contributed by atoms with van der Waals surface area (Å²) in [5.41, 5.74) is 10.4. The van der Waals surface area contributed by atoms with Gasteiger partial charge in [-0.3, -0.25) is 4.98 Å². The van der Waals surface area contributed by atoms with Gasteiger partial charge in [-0.15, -0.1) is 0 Å². The molecule has 0 unspecified atom stereocenters. The molecule has 0 aliphatic carbocycles. The SMILES string of the molecule is CCN(Cc1ccncc1)c1ccc(C)c(N)c1. The van der Waals surface area contributed by atoms with E-state index in [2.05, 4.69) is 28.9 Å². The van der Waals surface area contributed by atoms with Crippen LogP contribution in [0.15, 0.2) is 42.7 Å². The van der Waals surface area contributed by atoms with Crippen molar-refractivity contribution in [2.45, 2.75) is 20.4 Å². The molecule has 2 N–H and O–H groups in total. The first-order valence-electron chi connectivity index (χ1n) is 6.20. The maximum absolute atomic E-state index is 5.97. The van der Waals surface area contributed by atoms with E-state index in [1.54, 1.807) is 0 Å². The van der Waals surface area contributed by atoms with Crippen molar-refractivity contribution < 1.29 is 0 Å². The van der Waals surface area contributed by atoms with E-state index < -0.39 is 0 Å². The summed E-state index contributed by atoms with van der Waals surface area (Å²) in [4.78, 5) is 6.34. The minimum atomic E-state index is 0.848. The van der Waals surface area contributed by atoms with Crippen LogP contribution in [0, 0.1) is 6.92 Å². The van der Waals surface area contributed by atoms with Crippen LogP contribution >= 0.6 is 0 Å². The molecule has 0 radical (unpaired) electrons. The monoisotopic (exact) mass is 241 g/mol. The average molecular weight is 241 g/mol. The lowest BCUT2D eigenvalue weighted by Gasteiger charge is -2.24. The second kappa shape index (κ2) is 5.54. The van der Waals surface area contributed by atoms with Gasteiger partial charge in [0.1, 0.15) is 0 Å². The van der Waals surface area contributed by atoms with E-state index in [1.165, 1.54) is 5.56 Å². The van der Waals surface area contributed by atoms with E-state index in [9.17, 15) is 0 Å². The summed E-state index contributed by atoms with van der Waals surface area (Å²) in [6.45, 7) is 6.00. The fourth-order valence-electron chi connectivity index (χ4n) is 1.92. The lowest BCUT2D eigenvalue weighted by molar-refractivity contribution is 0.830. The van der Waals surface area contributed by atoms with E-state index >= 15 is 0 Å². The van der Waals surface area contributed by atoms with Crippen LogP contribution in [0.25, 0.3) is 0 Å². The van der Waals surface area contributed by atoms with Crippen LogP contribution in [-0.2, 0) is 6.54 Å². The summed E-state index contributed by atoms with van der Waals surface area (Å²) >= 11 is 0. The van der Waals surface area contributed by atoms with Crippen LogP contribution < -0.4 is 10.6 Å². The zero-order valence-corrected chi connectivity index (χ0v) is 10.9. The van der Waals surface area contributed by atoms with Crippen molar-refractivity contribution in [1.29, 1.82) is 0 Å². The van der Waals surface area contributed by atoms with Gasteiger partial charge in [-0.1, -0.05) is 6.07 Å². The smallest absolute Gasteiger partial charge is 0.0430 e. The van der Waals surface area contributed by atoms with Crippen LogP contribution in [0.1, 0.15) is 18.1 Å². The van der Waals surface area contributed by atoms with Crippen molar-refractivity contribution in [3.63, 3.8) is 0 Å². The lowest BCUT2D eigenvalue weighted by Crippen LogP contribution is -2.22. The van der Waals surface area contributed by atoms with E-state index in [1.807, 2.05) is 37.5 Å². The molecule has 1 heterocycles. The minimum Gasteiger partial charge on any atom is -0.398 e. The minimum absolute atomic E-state index is 0.848. The quantitative estimate of drug-likeness (QED) is 0.837. The first-order valence-corrected chi connectivity index (χ1v) is 6.20. The molecule has 0 amide bonds. The largest absolute Gasteiger partial charge is 0.398 e. The summed E-state index contributed by atoms with van der Waals surface area (Å²) in [6, 6.07) is 10.3. The van der Waals surface area contributed by atoms with E-state index in [0.717, 1.165) is 30.0 Å². The van der Waals surface area contributed by atoms with Gasteiger partial charge in [-0.05, 0) is 49.2 Å². The number of rotatable bonds is 4. The van der Waals surface area contributed by atoms with Gasteiger partial charge in [-0.2, -0.15) is 0 Å². The van der Waals surface area contributed by atoms with Gasteiger partial charge >= 0.3 is 0 Å². The summed E-state index contributed by atoms with van der Waals surface area (Å²) in [5.74, 6) is 0. The Kier molecular flexibility index (Phi) is 3.82. The Balaban J connectivity index is 2.20. The van der Waals surface area contributed by atoms with Gasteiger partial charge in [-0.25, -0.2) is 0 Å². The fourth-order valence-corrected chi connectivity index (χ4v) is 1.92. The predicted molar refractivity (Wildman–Crippen MR) is 76.6 cm³/mol. The number of pyridine rings is 1. The van der Waals surface area contributed by atoms with Crippen molar-refractivity contribution in [1.82, 2.24) is 4.98 Å². The number of hydrogen-bond donors (Lipinski definition) is 1. The van der Waals surface area contributed by atoms with Crippen LogP contribution in [0.4, 0.5) is 11.4 Å². The van der Waals surface area contributed by atoms with E-state index in [-0.39, 0.29) is 0 Å². The third-order valence-corrected chi connectivity index (χ3v) is 3.13. The summed E-state index contributed by atoms with van der Waals surface area (Å²) in [6.07, 6.45) is 3.65. The van der Waals surface area contributed by atoms with Crippen LogP contribution in [0.3, 0.4) is 0 Å². The normalized spacial score (nSPS) is 10.3. The zero-order valence-electron chi connectivity index (χ0n) is 10.9. The third kappa shape index (κ3) is 2.80. The molecule has 94 valence electrons. The molecule has 18 heavy (non-hydrogen) atoms. The fraction of sp³-hybridized carbons (Fsp3) is 0.267. The van der Waals surface area contributed by atoms with Gasteiger partial charge in [0.2, 0.25) is 0 Å². The van der Waals surface area contributed by atoms with E-state index in [0.29, 0.717) is 0 Å². The molecule has 0 atom stereocenters. The van der Waals surface area contributed by atoms with E-state index in [4.69, 9.17) is 5.73 Å². The Labute approximate surface area is 108 Å². The molecule has 0 saturated heterocycles. The average Bonchev–Trinajstić information content (AvgIpc) is 2.40. The van der Waals surface area contributed by atoms with Gasteiger partial charge in [0.15, 0.2) is 0 Å². The highest BCUT2D eigenvalue weighted by atomic mass is 15.1. The number of anilines is 2. The highest BCUT2D eigenvalue weighted by molar-refractivity contribution is 5.59. The molecule has 1 aromatic carbocycles. The summed E-state index contributed by atoms with van der Waals surface area (Å²) < 4.78 is 0. The Morgan fingerprint density at radius 1 is 1.17 bits per heavy atom. The van der Waals surface area contributed by atoms with Crippen molar-refractivity contribution >= 4 is 11.4 Å². The number of nitrogens with two attached hydrogens (primary N) is 1. The molecule has 0 aliphatic rings. The summed E-state index contributed by atoms with van der Waals surface area (Å²) in [5, 5.41) is 0. The Morgan fingerprint density at radius 3 is 2.50 bits per heavy atom. The van der Waals surface area contributed by atoms with Crippen molar-refractivity contribution in [3.8, 4) is 0 Å². The van der Waals surface area contributed by atoms with Gasteiger partial charge < -0.3 is 10.6 Å². The van der Waals surface area contributed by atoms with Crippen molar-refractivity contribution in [2.75, 3.05) is 17.2 Å². The lowest BCUT2D eigenvalue weighted by atomic mass is 10.1. The maximum Gasteiger partial charge on any atom is 0.0430 e. The van der Waals surface area contributed by atoms with Crippen LogP contribution in [0.5, 0.6) is 0 Å². The highest BCUT2D eigenvalue weighted by Gasteiger charge is 2.06. The number of nitrogens with zero attached hydrogens (tertiary/aromatic N) is 2. The number of aromatic nitrogens is 1. The first kappa shape index (κ1) is 12.4. The van der Waals surface area contributed by atoms with Crippen molar-refractivity contribution in [3.05, 3.63) is 53.9 Å². The summed E-state index contributed by atoms with van der Waals surface area (Å²) in [7, 11) is 0. The molecule has 0 spiro atoms. The second-order valence-electron chi connectivity index (χ2n) is 4.41. The number of nitrogen functional groups attached to an aromatic ring is 1. The Bertz CT molecular complexity index is 508. The molecule has 3 heteroatoms. The molecule has 0 saturated carbocycles. The molecule has 0 fully saturated rings. The number of hydrogen-bond acceptors (Lipinski definition) is 3. The van der Waals surface area contributed by atoms with Crippen LogP contribution in [-0.4, -0.2) is 11.5 Å². The van der Waals surface area contributed by atoms with Gasteiger partial charge in [0, 0.05) is 36.9 Å². The van der Waals surface area contributed by atoms with Gasteiger partial charge in [0.05, 0.1) is 0 Å². The molecule has 0 aliphatic heterocycles. The molecule has 0 bridgehead atoms. The zero-order chi connectivity index (χ0) is 13.0. The Morgan fingerprint density at radius 2 is 1.89 bits per heavy atom. The third-order valence-electron chi connectivity index (χ3n) is 3.13. The molecule has 1 aromatic heterocycles. The topological polar surface area (TPSA) is 42.2 Å². The Hall–Kier alpha value is -2.03. The first-order chi connectivity index (χ1) is 8.70. The number of aryl methyl sites for hydroxylation is 1. The molecular formula is C15H19N3. The molecule has 2 aromatic rings. The van der Waals surface area contributed by atoms with Crippen LogP contribution in [0.2, 0.25) is 0 Å². The second-order valence-corrected chi connectivity index (χ2v) is 4.41. The predicted octanol–water partition coefficient (Wildman–Crippen LogP) is 3.00. The number of benzene rings is 1. The molecular weight excluding hydrogens is 222 g/mol.